The van der Waals surface area contributed by atoms with Crippen molar-refractivity contribution < 1.29 is 28.2 Å². The van der Waals surface area contributed by atoms with Crippen LogP contribution < -0.4 is 29.5 Å². The second-order valence-corrected chi connectivity index (χ2v) is 19.3. The zero-order chi connectivity index (χ0) is 48.3. The molecular formula is C50H61FN14O5. The highest BCUT2D eigenvalue weighted by Gasteiger charge is 2.39. The molecule has 4 atom stereocenters. The lowest BCUT2D eigenvalue weighted by Gasteiger charge is -2.43. The van der Waals surface area contributed by atoms with Crippen LogP contribution in [0.1, 0.15) is 61.0 Å². The van der Waals surface area contributed by atoms with Crippen LogP contribution >= 0.6 is 0 Å². The molecule has 8 heterocycles. The van der Waals surface area contributed by atoms with Crippen LogP contribution in [0.3, 0.4) is 0 Å². The van der Waals surface area contributed by atoms with Crippen molar-refractivity contribution in [1.82, 2.24) is 44.9 Å². The van der Waals surface area contributed by atoms with E-state index in [1.54, 1.807) is 6.07 Å². The Morgan fingerprint density at radius 3 is 1.83 bits per heavy atom. The molecule has 20 heteroatoms. The Bertz CT molecular complexity index is 2680. The van der Waals surface area contributed by atoms with Gasteiger partial charge < -0.3 is 53.8 Å². The monoisotopic (exact) mass is 956 g/mol. The first-order valence-electron chi connectivity index (χ1n) is 24.8. The van der Waals surface area contributed by atoms with E-state index in [0.717, 1.165) is 91.1 Å². The molecule has 4 aromatic rings. The number of likely N-dealkylation sites (N-methyl/N-ethyl adjacent to an activating group) is 2. The van der Waals surface area contributed by atoms with Crippen LogP contribution in [0.25, 0.3) is 10.8 Å². The number of amides is 2. The lowest BCUT2D eigenvalue weighted by atomic mass is 10.0. The highest BCUT2D eigenvalue weighted by molar-refractivity contribution is 5.95. The first-order chi connectivity index (χ1) is 34.1. The summed E-state index contributed by atoms with van der Waals surface area (Å²) < 4.78 is 33.1. The molecule has 6 aliphatic heterocycles. The van der Waals surface area contributed by atoms with E-state index < -0.39 is 24.3 Å². The van der Waals surface area contributed by atoms with Crippen molar-refractivity contribution in [3.8, 4) is 24.2 Å². The largest absolute Gasteiger partial charge is 0.462 e. The van der Waals surface area contributed by atoms with Crippen molar-refractivity contribution in [2.75, 3.05) is 107 Å². The van der Waals surface area contributed by atoms with Crippen LogP contribution in [-0.4, -0.2) is 169 Å². The Balaban J connectivity index is 0.836. The predicted molar refractivity (Wildman–Crippen MR) is 258 cm³/mol. The third kappa shape index (κ3) is 9.77. The highest BCUT2D eigenvalue weighted by atomic mass is 19.1. The molecule has 2 aromatic carbocycles. The molecule has 0 saturated carbocycles. The normalized spacial score (nSPS) is 22.9. The van der Waals surface area contributed by atoms with E-state index in [2.05, 4.69) is 56.1 Å². The number of nitrogens with zero attached hydrogens (tertiary/aromatic N) is 13. The van der Waals surface area contributed by atoms with Gasteiger partial charge in [0, 0.05) is 92.0 Å². The number of carbonyl (C=O) groups excluding carboxylic acids is 2. The van der Waals surface area contributed by atoms with E-state index in [1.165, 1.54) is 15.9 Å². The van der Waals surface area contributed by atoms with Gasteiger partial charge in [-0.1, -0.05) is 24.3 Å². The van der Waals surface area contributed by atoms with Gasteiger partial charge in [-0.25, -0.2) is 14.0 Å². The summed E-state index contributed by atoms with van der Waals surface area (Å²) in [7, 11) is 4.20. The van der Waals surface area contributed by atoms with E-state index >= 15 is 0 Å². The average molecular weight is 957 g/mol. The molecule has 19 nitrogen and oxygen atoms in total. The molecule has 4 fully saturated rings. The highest BCUT2D eigenvalue weighted by Crippen LogP contribution is 2.36. The van der Waals surface area contributed by atoms with Crippen LogP contribution in [0, 0.1) is 28.5 Å². The molecule has 0 aliphatic carbocycles. The van der Waals surface area contributed by atoms with Gasteiger partial charge in [0.15, 0.2) is 0 Å². The average Bonchev–Trinajstić information content (AvgIpc) is 4.00. The number of anilines is 3. The maximum atomic E-state index is 14.9. The van der Waals surface area contributed by atoms with Crippen LogP contribution in [0.2, 0.25) is 0 Å². The van der Waals surface area contributed by atoms with Crippen molar-refractivity contribution in [1.29, 1.82) is 10.5 Å². The molecule has 368 valence electrons. The SMILES string of the molecule is CN1CCC[C@@H]1COc1nc2c(c(N3CCN(C(=O)OC(=O)N4CCN(c5nc(OC[C@H]6CCCN6C)nc6c5CCN(c5ccc(F)c7ccccc57)C6)C[C@@H]4CC#N)[C@@H](CC#N)C3)n1)CCNC2. The molecule has 0 radical (unpaired) electrons. The predicted octanol–water partition coefficient (Wildman–Crippen LogP) is 4.48. The number of halogens is 1. The van der Waals surface area contributed by atoms with Gasteiger partial charge in [-0.3, -0.25) is 0 Å². The Kier molecular flexibility index (Phi) is 14.0. The van der Waals surface area contributed by atoms with E-state index in [4.69, 9.17) is 34.1 Å². The maximum absolute atomic E-state index is 14.9. The minimum Gasteiger partial charge on any atom is -0.462 e. The summed E-state index contributed by atoms with van der Waals surface area (Å²) in [5.74, 6) is 1.16. The number of hydrogen-bond acceptors (Lipinski definition) is 17. The molecule has 70 heavy (non-hydrogen) atoms. The molecule has 2 aromatic heterocycles. The summed E-state index contributed by atoms with van der Waals surface area (Å²) in [4.78, 5) is 61.6. The minimum atomic E-state index is -0.841. The molecule has 0 bridgehead atoms. The summed E-state index contributed by atoms with van der Waals surface area (Å²) in [5, 5.41) is 24.8. The molecular weight excluding hydrogens is 896 g/mol. The zero-order valence-electron chi connectivity index (χ0n) is 40.1. The molecule has 10 rings (SSSR count). The second-order valence-electron chi connectivity index (χ2n) is 19.3. The summed E-state index contributed by atoms with van der Waals surface area (Å²) >= 11 is 0. The van der Waals surface area contributed by atoms with Crippen molar-refractivity contribution in [3.05, 3.63) is 64.7 Å². The van der Waals surface area contributed by atoms with Crippen LogP contribution in [0.5, 0.6) is 12.0 Å². The summed E-state index contributed by atoms with van der Waals surface area (Å²) in [6.45, 7) is 7.08. The topological polar surface area (TPSA) is 196 Å². The van der Waals surface area contributed by atoms with E-state index in [9.17, 15) is 24.5 Å². The Morgan fingerprint density at radius 2 is 1.26 bits per heavy atom. The number of piperazine rings is 2. The number of nitrogens with one attached hydrogen (secondary N) is 1. The number of aromatic nitrogens is 4. The zero-order valence-corrected chi connectivity index (χ0v) is 40.1. The number of carbonyl (C=O) groups is 2. The van der Waals surface area contributed by atoms with E-state index in [-0.39, 0.29) is 50.3 Å². The number of rotatable bonds is 11. The number of likely N-dealkylation sites (tertiary alicyclic amines) is 2. The summed E-state index contributed by atoms with van der Waals surface area (Å²) in [6.07, 6.45) is 3.96. The van der Waals surface area contributed by atoms with Crippen LogP contribution in [-0.2, 0) is 30.7 Å². The number of fused-ring (bicyclic) bond motifs is 3. The Hall–Kier alpha value is -6.61. The van der Waals surface area contributed by atoms with Crippen LogP contribution in [0.15, 0.2) is 36.4 Å². The quantitative estimate of drug-likeness (QED) is 0.207. The van der Waals surface area contributed by atoms with E-state index in [1.807, 2.05) is 24.3 Å². The Labute approximate surface area is 407 Å². The van der Waals surface area contributed by atoms with Gasteiger partial charge in [0.05, 0.1) is 55.0 Å². The van der Waals surface area contributed by atoms with Gasteiger partial charge in [-0.2, -0.15) is 30.5 Å². The third-order valence-electron chi connectivity index (χ3n) is 15.1. The van der Waals surface area contributed by atoms with Crippen molar-refractivity contribution >= 4 is 40.3 Å². The van der Waals surface area contributed by atoms with Gasteiger partial charge in [0.25, 0.3) is 0 Å². The van der Waals surface area contributed by atoms with Crippen molar-refractivity contribution in [2.24, 2.45) is 0 Å². The summed E-state index contributed by atoms with van der Waals surface area (Å²) in [5.41, 5.74) is 4.58. The molecule has 0 spiro atoms. The number of hydrogen-bond donors (Lipinski definition) is 1. The van der Waals surface area contributed by atoms with Crippen LogP contribution in [0.4, 0.5) is 31.3 Å². The lowest BCUT2D eigenvalue weighted by molar-refractivity contribution is 0.0700. The minimum absolute atomic E-state index is 0.00653. The standard InChI is InChI=1S/C50H61FN14O5/c1-59-20-5-7-35(59)31-68-47-55-42-27-54-19-15-39(42)45(57-47)62-23-25-64(33(28-62)13-17-52)49(66)70-50(67)65-26-24-63(29-34(65)14-18-53)46-40-16-22-61(44-12-11-41(51)37-9-3-4-10-38(37)44)30-43(40)56-48(58-46)69-32-36-8-6-21-60(36)2/h3-4,9-12,33-36,54H,5-8,13-16,19-32H2,1-2H3/t33-,34-,35+,36+/m0/s1. The fourth-order valence-electron chi connectivity index (χ4n) is 11.1. The first kappa shape index (κ1) is 47.1. The number of benzene rings is 2. The third-order valence-corrected chi connectivity index (χ3v) is 15.1. The van der Waals surface area contributed by atoms with Crippen molar-refractivity contribution in [2.45, 2.75) is 88.6 Å². The fourth-order valence-corrected chi connectivity index (χ4v) is 11.1. The maximum Gasteiger partial charge on any atom is 0.419 e. The first-order valence-corrected chi connectivity index (χ1v) is 24.8. The van der Waals surface area contributed by atoms with Gasteiger partial charge in [0.1, 0.15) is 30.7 Å². The van der Waals surface area contributed by atoms with Gasteiger partial charge in [0.2, 0.25) is 0 Å². The molecule has 4 saturated heterocycles. The van der Waals surface area contributed by atoms with Gasteiger partial charge >= 0.3 is 24.2 Å². The molecule has 1 N–H and O–H groups in total. The fraction of sp³-hybridized carbons (Fsp3) is 0.560. The van der Waals surface area contributed by atoms with Gasteiger partial charge in [-0.15, -0.1) is 0 Å². The number of ether oxygens (including phenoxy) is 3. The molecule has 2 amide bonds. The summed E-state index contributed by atoms with van der Waals surface area (Å²) in [6, 6.07) is 15.2. The lowest BCUT2D eigenvalue weighted by Crippen LogP contribution is -2.58. The smallest absolute Gasteiger partial charge is 0.419 e. The number of nitriles is 2. The Morgan fingerprint density at radius 1 is 0.686 bits per heavy atom. The van der Waals surface area contributed by atoms with E-state index in [0.29, 0.717) is 82.2 Å². The van der Waals surface area contributed by atoms with Gasteiger partial charge in [-0.05, 0) is 84.4 Å². The second kappa shape index (κ2) is 20.8. The molecule has 6 aliphatic rings. The molecule has 0 unspecified atom stereocenters. The van der Waals surface area contributed by atoms with Crippen molar-refractivity contribution in [3.63, 3.8) is 0 Å².